The highest BCUT2D eigenvalue weighted by Gasteiger charge is 2.19. The first-order chi connectivity index (χ1) is 6.31. The minimum Gasteiger partial charge on any atom is -0.489 e. The van der Waals surface area contributed by atoms with E-state index >= 15 is 0 Å². The number of rotatable bonds is 2. The Bertz CT molecular complexity index is 325. The summed E-state index contributed by atoms with van der Waals surface area (Å²) >= 11 is 0. The van der Waals surface area contributed by atoms with E-state index in [2.05, 4.69) is 9.97 Å². The molecule has 0 saturated heterocycles. The third-order valence-electron chi connectivity index (χ3n) is 2.08. The minimum atomic E-state index is 0.603. The fraction of sp³-hybridized carbons (Fsp3) is 0.556. The number of hydrogen-bond acceptors (Lipinski definition) is 4. The highest BCUT2D eigenvalue weighted by Crippen LogP contribution is 2.26. The van der Waals surface area contributed by atoms with E-state index in [0.29, 0.717) is 6.54 Å². The van der Waals surface area contributed by atoms with Crippen LogP contribution in [0.25, 0.3) is 0 Å². The van der Waals surface area contributed by atoms with Crippen LogP contribution in [-0.4, -0.2) is 23.1 Å². The molecule has 2 heterocycles. The Morgan fingerprint density at radius 1 is 1.46 bits per heavy atom. The molecular formula is C9H13N3O. The van der Waals surface area contributed by atoms with E-state index in [1.807, 2.05) is 6.92 Å². The lowest BCUT2D eigenvalue weighted by Crippen LogP contribution is -2.07. The Hall–Kier alpha value is -1.16. The van der Waals surface area contributed by atoms with Gasteiger partial charge in [-0.05, 0) is 13.5 Å². The van der Waals surface area contributed by atoms with Crippen LogP contribution >= 0.6 is 0 Å². The number of aryl methyl sites for hydroxylation is 1. The summed E-state index contributed by atoms with van der Waals surface area (Å²) in [7, 11) is 0. The van der Waals surface area contributed by atoms with Crippen molar-refractivity contribution in [3.63, 3.8) is 0 Å². The van der Waals surface area contributed by atoms with Gasteiger partial charge in [-0.25, -0.2) is 9.97 Å². The van der Waals surface area contributed by atoms with E-state index in [1.165, 1.54) is 0 Å². The van der Waals surface area contributed by atoms with Gasteiger partial charge in [0, 0.05) is 12.8 Å². The van der Waals surface area contributed by atoms with Gasteiger partial charge in [-0.15, -0.1) is 0 Å². The first-order valence-corrected chi connectivity index (χ1v) is 4.50. The SMILES string of the molecule is Cc1nc(CCN)c2c(n1)CCO2. The predicted molar refractivity (Wildman–Crippen MR) is 48.7 cm³/mol. The van der Waals surface area contributed by atoms with Crippen molar-refractivity contribution in [2.45, 2.75) is 19.8 Å². The van der Waals surface area contributed by atoms with Crippen molar-refractivity contribution in [3.05, 3.63) is 17.2 Å². The molecule has 70 valence electrons. The summed E-state index contributed by atoms with van der Waals surface area (Å²) in [6.07, 6.45) is 1.67. The Balaban J connectivity index is 2.43. The van der Waals surface area contributed by atoms with Gasteiger partial charge in [0.25, 0.3) is 0 Å². The molecule has 1 aliphatic heterocycles. The molecule has 4 nitrogen and oxygen atoms in total. The largest absolute Gasteiger partial charge is 0.489 e. The summed E-state index contributed by atoms with van der Waals surface area (Å²) in [6, 6.07) is 0. The van der Waals surface area contributed by atoms with Crippen LogP contribution in [0.2, 0.25) is 0 Å². The molecule has 0 amide bonds. The van der Waals surface area contributed by atoms with E-state index in [4.69, 9.17) is 10.5 Å². The molecule has 1 aliphatic rings. The topological polar surface area (TPSA) is 61.0 Å². The van der Waals surface area contributed by atoms with Gasteiger partial charge in [0.05, 0.1) is 18.0 Å². The third kappa shape index (κ3) is 1.49. The summed E-state index contributed by atoms with van der Waals surface area (Å²) in [5.74, 6) is 1.68. The molecular weight excluding hydrogens is 166 g/mol. The fourth-order valence-electron chi connectivity index (χ4n) is 1.58. The number of hydrogen-bond donors (Lipinski definition) is 1. The summed E-state index contributed by atoms with van der Waals surface area (Å²) in [5.41, 5.74) is 7.49. The maximum Gasteiger partial charge on any atom is 0.162 e. The molecule has 2 rings (SSSR count). The number of nitrogens with two attached hydrogens (primary N) is 1. The van der Waals surface area contributed by atoms with Crippen molar-refractivity contribution in [1.29, 1.82) is 0 Å². The first kappa shape index (κ1) is 8.44. The standard InChI is InChI=1S/C9H13N3O/c1-6-11-7(2-4-10)9-8(12-6)3-5-13-9/h2-5,10H2,1H3. The van der Waals surface area contributed by atoms with Gasteiger partial charge in [0.1, 0.15) is 5.82 Å². The van der Waals surface area contributed by atoms with Crippen LogP contribution in [0, 0.1) is 6.92 Å². The lowest BCUT2D eigenvalue weighted by molar-refractivity contribution is 0.351. The van der Waals surface area contributed by atoms with Crippen molar-refractivity contribution in [1.82, 2.24) is 9.97 Å². The molecule has 0 atom stereocenters. The Labute approximate surface area is 77.1 Å². The van der Waals surface area contributed by atoms with Crippen LogP contribution in [0.5, 0.6) is 5.75 Å². The van der Waals surface area contributed by atoms with E-state index in [0.717, 1.165) is 42.4 Å². The molecule has 0 unspecified atom stereocenters. The zero-order valence-corrected chi connectivity index (χ0v) is 7.71. The highest BCUT2D eigenvalue weighted by molar-refractivity contribution is 5.36. The molecule has 0 bridgehead atoms. The maximum atomic E-state index is 5.49. The van der Waals surface area contributed by atoms with Crippen molar-refractivity contribution in [2.75, 3.05) is 13.2 Å². The molecule has 0 fully saturated rings. The molecule has 2 N–H and O–H groups in total. The van der Waals surface area contributed by atoms with Crippen molar-refractivity contribution in [3.8, 4) is 5.75 Å². The zero-order valence-electron chi connectivity index (χ0n) is 7.71. The van der Waals surface area contributed by atoms with Crippen LogP contribution in [-0.2, 0) is 12.8 Å². The van der Waals surface area contributed by atoms with Gasteiger partial charge in [-0.2, -0.15) is 0 Å². The first-order valence-electron chi connectivity index (χ1n) is 4.50. The summed E-state index contributed by atoms with van der Waals surface area (Å²) in [6.45, 7) is 3.23. The summed E-state index contributed by atoms with van der Waals surface area (Å²) < 4.78 is 5.46. The molecule has 0 aromatic carbocycles. The van der Waals surface area contributed by atoms with E-state index in [-0.39, 0.29) is 0 Å². The van der Waals surface area contributed by atoms with Crippen LogP contribution in [0.3, 0.4) is 0 Å². The van der Waals surface area contributed by atoms with Crippen molar-refractivity contribution in [2.24, 2.45) is 5.73 Å². The van der Waals surface area contributed by atoms with Gasteiger partial charge in [-0.1, -0.05) is 0 Å². The third-order valence-corrected chi connectivity index (χ3v) is 2.08. The minimum absolute atomic E-state index is 0.603. The Kier molecular flexibility index (Phi) is 2.14. The van der Waals surface area contributed by atoms with Crippen LogP contribution in [0.4, 0.5) is 0 Å². The number of ether oxygens (including phenoxy) is 1. The second-order valence-electron chi connectivity index (χ2n) is 3.13. The molecule has 1 aromatic rings. The van der Waals surface area contributed by atoms with E-state index in [9.17, 15) is 0 Å². The summed E-state index contributed by atoms with van der Waals surface area (Å²) in [5, 5.41) is 0. The number of nitrogens with zero attached hydrogens (tertiary/aromatic N) is 2. The van der Waals surface area contributed by atoms with E-state index < -0.39 is 0 Å². The normalized spacial score (nSPS) is 14.0. The molecule has 0 radical (unpaired) electrons. The average Bonchev–Trinajstić information content (AvgIpc) is 2.52. The number of aromatic nitrogens is 2. The van der Waals surface area contributed by atoms with Crippen LogP contribution in [0.15, 0.2) is 0 Å². The lowest BCUT2D eigenvalue weighted by Gasteiger charge is -2.05. The average molecular weight is 179 g/mol. The van der Waals surface area contributed by atoms with Crippen LogP contribution < -0.4 is 10.5 Å². The predicted octanol–water partition coefficient (Wildman–Crippen LogP) is 0.221. The second kappa shape index (κ2) is 3.30. The fourth-order valence-corrected chi connectivity index (χ4v) is 1.58. The molecule has 0 saturated carbocycles. The van der Waals surface area contributed by atoms with Crippen LogP contribution in [0.1, 0.15) is 17.2 Å². The molecule has 0 aliphatic carbocycles. The van der Waals surface area contributed by atoms with Gasteiger partial charge in [-0.3, -0.25) is 0 Å². The van der Waals surface area contributed by atoms with Crippen molar-refractivity contribution >= 4 is 0 Å². The van der Waals surface area contributed by atoms with Gasteiger partial charge < -0.3 is 10.5 Å². The lowest BCUT2D eigenvalue weighted by atomic mass is 10.2. The molecule has 0 spiro atoms. The summed E-state index contributed by atoms with van der Waals surface area (Å²) in [4.78, 5) is 8.64. The van der Waals surface area contributed by atoms with E-state index in [1.54, 1.807) is 0 Å². The second-order valence-corrected chi connectivity index (χ2v) is 3.13. The van der Waals surface area contributed by atoms with Gasteiger partial charge in [0.15, 0.2) is 5.75 Å². The smallest absolute Gasteiger partial charge is 0.162 e. The zero-order chi connectivity index (χ0) is 9.26. The Morgan fingerprint density at radius 2 is 2.31 bits per heavy atom. The Morgan fingerprint density at radius 3 is 3.08 bits per heavy atom. The quantitative estimate of drug-likeness (QED) is 0.705. The van der Waals surface area contributed by atoms with Crippen molar-refractivity contribution < 1.29 is 4.74 Å². The molecule has 4 heteroatoms. The maximum absolute atomic E-state index is 5.49. The highest BCUT2D eigenvalue weighted by atomic mass is 16.5. The van der Waals surface area contributed by atoms with Gasteiger partial charge >= 0.3 is 0 Å². The molecule has 13 heavy (non-hydrogen) atoms. The monoisotopic (exact) mass is 179 g/mol. The number of fused-ring (bicyclic) bond motifs is 1. The molecule has 1 aromatic heterocycles. The van der Waals surface area contributed by atoms with Gasteiger partial charge in [0.2, 0.25) is 0 Å².